The van der Waals surface area contributed by atoms with E-state index in [2.05, 4.69) is 10.1 Å². The van der Waals surface area contributed by atoms with Crippen molar-refractivity contribution in [1.29, 1.82) is 0 Å². The molecule has 2 heterocycles. The Bertz CT molecular complexity index is 492. The molecular formula is C8H11N5O. The second-order valence-electron chi connectivity index (χ2n) is 3.12. The van der Waals surface area contributed by atoms with Gasteiger partial charge >= 0.3 is 5.69 Å². The third kappa shape index (κ3) is 1.34. The minimum atomic E-state index is -0.0481. The van der Waals surface area contributed by atoms with Crippen LogP contribution in [-0.2, 0) is 20.6 Å². The zero-order chi connectivity index (χ0) is 10.1. The molecule has 0 saturated heterocycles. The molecule has 74 valence electrons. The number of hydrogen-bond acceptors (Lipinski definition) is 3. The van der Waals surface area contributed by atoms with Crippen LogP contribution in [0.1, 0.15) is 5.82 Å². The van der Waals surface area contributed by atoms with Crippen molar-refractivity contribution in [3.05, 3.63) is 35.0 Å². The van der Waals surface area contributed by atoms with Gasteiger partial charge < -0.3 is 4.57 Å². The Hall–Kier alpha value is -1.85. The third-order valence-corrected chi connectivity index (χ3v) is 2.13. The van der Waals surface area contributed by atoms with Crippen molar-refractivity contribution in [2.24, 2.45) is 14.1 Å². The van der Waals surface area contributed by atoms with E-state index in [0.29, 0.717) is 6.54 Å². The lowest BCUT2D eigenvalue weighted by atomic mass is 10.6. The molecule has 0 atom stereocenters. The smallest absolute Gasteiger partial charge is 0.302 e. The maximum atomic E-state index is 11.5. The van der Waals surface area contributed by atoms with Gasteiger partial charge in [-0.2, -0.15) is 5.10 Å². The van der Waals surface area contributed by atoms with Gasteiger partial charge in [0.05, 0.1) is 6.54 Å². The molecule has 2 aromatic heterocycles. The lowest BCUT2D eigenvalue weighted by molar-refractivity contribution is 0.631. The van der Waals surface area contributed by atoms with Crippen LogP contribution in [0.4, 0.5) is 0 Å². The van der Waals surface area contributed by atoms with Gasteiger partial charge in [0.2, 0.25) is 0 Å². The molecule has 0 unspecified atom stereocenters. The zero-order valence-electron chi connectivity index (χ0n) is 8.08. The summed E-state index contributed by atoms with van der Waals surface area (Å²) in [7, 11) is 3.52. The van der Waals surface area contributed by atoms with E-state index >= 15 is 0 Å². The van der Waals surface area contributed by atoms with Gasteiger partial charge in [-0.1, -0.05) is 0 Å². The topological polar surface area (TPSA) is 57.6 Å². The van der Waals surface area contributed by atoms with Gasteiger partial charge in [0.25, 0.3) is 0 Å². The predicted molar refractivity (Wildman–Crippen MR) is 49.8 cm³/mol. The average molecular weight is 193 g/mol. The SMILES string of the molecule is Cn1ncnc1Cn1ccn(C)c1=O. The molecule has 0 fully saturated rings. The van der Waals surface area contributed by atoms with E-state index in [4.69, 9.17) is 0 Å². The molecule has 0 spiro atoms. The summed E-state index contributed by atoms with van der Waals surface area (Å²) in [4.78, 5) is 15.5. The van der Waals surface area contributed by atoms with Gasteiger partial charge in [-0.05, 0) is 0 Å². The first-order valence-electron chi connectivity index (χ1n) is 4.23. The van der Waals surface area contributed by atoms with Crippen molar-refractivity contribution in [3.63, 3.8) is 0 Å². The van der Waals surface area contributed by atoms with Crippen LogP contribution < -0.4 is 5.69 Å². The van der Waals surface area contributed by atoms with Gasteiger partial charge in [-0.3, -0.25) is 9.25 Å². The summed E-state index contributed by atoms with van der Waals surface area (Å²) in [6, 6.07) is 0. The van der Waals surface area contributed by atoms with Crippen molar-refractivity contribution >= 4 is 0 Å². The van der Waals surface area contributed by atoms with E-state index in [0.717, 1.165) is 5.82 Å². The Morgan fingerprint density at radius 1 is 1.36 bits per heavy atom. The maximum Gasteiger partial charge on any atom is 0.328 e. The largest absolute Gasteiger partial charge is 0.328 e. The molecule has 0 saturated carbocycles. The lowest BCUT2D eigenvalue weighted by Gasteiger charge is -1.99. The standard InChI is InChI=1S/C8H11N5O/c1-11-3-4-13(8(11)14)5-7-9-6-10-12(7)2/h3-4,6H,5H2,1-2H3. The maximum absolute atomic E-state index is 11.5. The first-order chi connectivity index (χ1) is 6.68. The molecule has 2 aromatic rings. The van der Waals surface area contributed by atoms with Crippen molar-refractivity contribution in [2.75, 3.05) is 0 Å². The highest BCUT2D eigenvalue weighted by Gasteiger charge is 2.04. The number of rotatable bonds is 2. The molecule has 6 nitrogen and oxygen atoms in total. The summed E-state index contributed by atoms with van der Waals surface area (Å²) in [6.07, 6.45) is 4.93. The zero-order valence-corrected chi connectivity index (χ0v) is 8.08. The van der Waals surface area contributed by atoms with Crippen LogP contribution in [-0.4, -0.2) is 23.9 Å². The third-order valence-electron chi connectivity index (χ3n) is 2.13. The summed E-state index contributed by atoms with van der Waals surface area (Å²) < 4.78 is 4.76. The lowest BCUT2D eigenvalue weighted by Crippen LogP contribution is -2.23. The van der Waals surface area contributed by atoms with Gasteiger partial charge in [0.1, 0.15) is 12.2 Å². The minimum Gasteiger partial charge on any atom is -0.302 e. The monoisotopic (exact) mass is 193 g/mol. The van der Waals surface area contributed by atoms with Crippen LogP contribution in [0.5, 0.6) is 0 Å². The highest BCUT2D eigenvalue weighted by molar-refractivity contribution is 4.89. The van der Waals surface area contributed by atoms with E-state index in [1.165, 1.54) is 10.9 Å². The molecular weight excluding hydrogens is 182 g/mol. The number of aromatic nitrogens is 5. The molecule has 0 N–H and O–H groups in total. The second kappa shape index (κ2) is 3.13. The van der Waals surface area contributed by atoms with Crippen molar-refractivity contribution in [3.8, 4) is 0 Å². The Morgan fingerprint density at radius 3 is 2.64 bits per heavy atom. The normalized spacial score (nSPS) is 10.7. The van der Waals surface area contributed by atoms with Crippen molar-refractivity contribution in [2.45, 2.75) is 6.54 Å². The van der Waals surface area contributed by atoms with Gasteiger partial charge in [-0.15, -0.1) is 0 Å². The molecule has 6 heteroatoms. The van der Waals surface area contributed by atoms with Crippen LogP contribution in [0.25, 0.3) is 0 Å². The van der Waals surface area contributed by atoms with E-state index in [1.54, 1.807) is 35.7 Å². The highest BCUT2D eigenvalue weighted by Crippen LogP contribution is 1.93. The number of imidazole rings is 1. The molecule has 2 rings (SSSR count). The molecule has 0 aliphatic heterocycles. The van der Waals surface area contributed by atoms with Crippen LogP contribution in [0.3, 0.4) is 0 Å². The van der Waals surface area contributed by atoms with E-state index in [9.17, 15) is 4.79 Å². The summed E-state index contributed by atoms with van der Waals surface area (Å²) in [5.74, 6) is 0.762. The van der Waals surface area contributed by atoms with Crippen LogP contribution in [0.15, 0.2) is 23.5 Å². The first kappa shape index (κ1) is 8.74. The molecule has 0 aromatic carbocycles. The minimum absolute atomic E-state index is 0.0481. The van der Waals surface area contributed by atoms with E-state index in [-0.39, 0.29) is 5.69 Å². The van der Waals surface area contributed by atoms with Crippen LogP contribution in [0.2, 0.25) is 0 Å². The Morgan fingerprint density at radius 2 is 2.14 bits per heavy atom. The Kier molecular flexibility index (Phi) is 1.95. The van der Waals surface area contributed by atoms with Gasteiger partial charge in [0.15, 0.2) is 0 Å². The molecule has 0 amide bonds. The fraction of sp³-hybridized carbons (Fsp3) is 0.375. The first-order valence-corrected chi connectivity index (χ1v) is 4.23. The molecule has 0 aliphatic rings. The summed E-state index contributed by atoms with van der Waals surface area (Å²) in [6.45, 7) is 0.455. The molecule has 0 bridgehead atoms. The fourth-order valence-corrected chi connectivity index (χ4v) is 1.25. The van der Waals surface area contributed by atoms with Crippen LogP contribution >= 0.6 is 0 Å². The number of aryl methyl sites for hydroxylation is 2. The summed E-state index contributed by atoms with van der Waals surface area (Å²) in [5, 5.41) is 3.93. The van der Waals surface area contributed by atoms with Crippen LogP contribution in [0, 0.1) is 0 Å². The van der Waals surface area contributed by atoms with Gasteiger partial charge in [0, 0.05) is 26.5 Å². The van der Waals surface area contributed by atoms with E-state index in [1.807, 2.05) is 0 Å². The Labute approximate surface area is 80.4 Å². The highest BCUT2D eigenvalue weighted by atomic mass is 16.1. The summed E-state index contributed by atoms with van der Waals surface area (Å²) >= 11 is 0. The molecule has 0 radical (unpaired) electrons. The fourth-order valence-electron chi connectivity index (χ4n) is 1.25. The Balaban J connectivity index is 2.32. The quantitative estimate of drug-likeness (QED) is 0.637. The van der Waals surface area contributed by atoms with E-state index < -0.39 is 0 Å². The molecule has 0 aliphatic carbocycles. The second-order valence-corrected chi connectivity index (χ2v) is 3.12. The average Bonchev–Trinajstić information content (AvgIpc) is 2.68. The van der Waals surface area contributed by atoms with Gasteiger partial charge in [-0.25, -0.2) is 9.78 Å². The number of nitrogens with zero attached hydrogens (tertiary/aromatic N) is 5. The predicted octanol–water partition coefficient (Wildman–Crippen LogP) is -0.636. The van der Waals surface area contributed by atoms with Crippen molar-refractivity contribution in [1.82, 2.24) is 23.9 Å². The van der Waals surface area contributed by atoms with Crippen molar-refractivity contribution < 1.29 is 0 Å². The number of hydrogen-bond donors (Lipinski definition) is 0. The summed E-state index contributed by atoms with van der Waals surface area (Å²) in [5.41, 5.74) is -0.0481. The molecule has 14 heavy (non-hydrogen) atoms.